The summed E-state index contributed by atoms with van der Waals surface area (Å²) < 4.78 is 0. The number of fused-ring (bicyclic) bond motifs is 4. The van der Waals surface area contributed by atoms with Crippen LogP contribution in [0.25, 0.3) is 0 Å². The van der Waals surface area contributed by atoms with E-state index in [4.69, 9.17) is 0 Å². The molecule has 2 heteroatoms. The van der Waals surface area contributed by atoms with Crippen molar-refractivity contribution in [3.8, 4) is 0 Å². The Balaban J connectivity index is 1.40. The molecule has 90 valence electrons. The summed E-state index contributed by atoms with van der Waals surface area (Å²) in [5.41, 5.74) is 0. The smallest absolute Gasteiger partial charge is 0.0123 e. The molecular weight excluding hydrogens is 196 g/mol. The summed E-state index contributed by atoms with van der Waals surface area (Å²) in [6, 6.07) is 1.76. The summed E-state index contributed by atoms with van der Waals surface area (Å²) >= 11 is 0. The summed E-state index contributed by atoms with van der Waals surface area (Å²) in [6.45, 7) is 4.12. The molecule has 2 nitrogen and oxygen atoms in total. The quantitative estimate of drug-likeness (QED) is 0.764. The first kappa shape index (κ1) is 9.90. The van der Waals surface area contributed by atoms with E-state index in [1.165, 1.54) is 51.7 Å². The molecular formula is C14H24N2. The zero-order chi connectivity index (χ0) is 10.5. The van der Waals surface area contributed by atoms with Gasteiger partial charge in [-0.05, 0) is 62.9 Å². The Hall–Kier alpha value is -0.0800. The van der Waals surface area contributed by atoms with E-state index in [1.807, 2.05) is 0 Å². The summed E-state index contributed by atoms with van der Waals surface area (Å²) in [5, 5.41) is 4.05. The van der Waals surface area contributed by atoms with Gasteiger partial charge in [-0.2, -0.15) is 0 Å². The van der Waals surface area contributed by atoms with Crippen molar-refractivity contribution < 1.29 is 0 Å². The van der Waals surface area contributed by atoms with E-state index in [9.17, 15) is 0 Å². The van der Waals surface area contributed by atoms with E-state index in [2.05, 4.69) is 10.2 Å². The molecule has 16 heavy (non-hydrogen) atoms. The average Bonchev–Trinajstić information content (AvgIpc) is 2.98. The molecule has 1 N–H and O–H groups in total. The summed E-state index contributed by atoms with van der Waals surface area (Å²) in [7, 11) is 0. The highest BCUT2D eigenvalue weighted by Gasteiger charge is 2.42. The lowest BCUT2D eigenvalue weighted by atomic mass is 9.89. The first-order chi connectivity index (χ1) is 7.88. The minimum atomic E-state index is 0.864. The van der Waals surface area contributed by atoms with Gasteiger partial charge in [0.05, 0.1) is 0 Å². The van der Waals surface area contributed by atoms with Crippen molar-refractivity contribution >= 4 is 0 Å². The molecule has 0 aromatic carbocycles. The molecule has 2 aliphatic heterocycles. The first-order valence-corrected chi connectivity index (χ1v) is 7.37. The van der Waals surface area contributed by atoms with Crippen LogP contribution in [0, 0.1) is 17.8 Å². The van der Waals surface area contributed by atoms with Crippen molar-refractivity contribution in [2.45, 2.75) is 50.6 Å². The van der Waals surface area contributed by atoms with Crippen LogP contribution in [0.2, 0.25) is 0 Å². The zero-order valence-electron chi connectivity index (χ0n) is 10.2. The molecule has 2 saturated carbocycles. The lowest BCUT2D eigenvalue weighted by molar-refractivity contribution is 0.194. The second kappa shape index (κ2) is 3.71. The van der Waals surface area contributed by atoms with Crippen LogP contribution in [0.4, 0.5) is 0 Å². The van der Waals surface area contributed by atoms with Gasteiger partial charge in [-0.1, -0.05) is 6.42 Å². The summed E-state index contributed by atoms with van der Waals surface area (Å²) in [6.07, 6.45) is 8.96. The molecule has 0 aromatic heterocycles. The molecule has 6 unspecified atom stereocenters. The van der Waals surface area contributed by atoms with E-state index in [0.29, 0.717) is 0 Å². The van der Waals surface area contributed by atoms with Crippen LogP contribution >= 0.6 is 0 Å². The second-order valence-corrected chi connectivity index (χ2v) is 6.69. The number of hydrogen-bond acceptors (Lipinski definition) is 2. The Morgan fingerprint density at radius 2 is 1.75 bits per heavy atom. The minimum Gasteiger partial charge on any atom is -0.311 e. The number of piperidine rings is 1. The van der Waals surface area contributed by atoms with Gasteiger partial charge >= 0.3 is 0 Å². The van der Waals surface area contributed by atoms with Crippen molar-refractivity contribution in [3.05, 3.63) is 0 Å². The molecule has 4 rings (SSSR count). The van der Waals surface area contributed by atoms with Crippen molar-refractivity contribution in [2.24, 2.45) is 17.8 Å². The van der Waals surface area contributed by atoms with Gasteiger partial charge in [0.1, 0.15) is 0 Å². The van der Waals surface area contributed by atoms with E-state index in [0.717, 1.165) is 29.8 Å². The standard InChI is InChI=1S/C14H24N2/c1-2-11-7-10(1)8-14(11)15-13-4-6-16-5-3-12(13)9-16/h10-15H,1-9H2. The van der Waals surface area contributed by atoms with Gasteiger partial charge in [0.2, 0.25) is 0 Å². The van der Waals surface area contributed by atoms with E-state index in [1.54, 1.807) is 6.42 Å². The third-order valence-electron chi connectivity index (χ3n) is 5.80. The van der Waals surface area contributed by atoms with Crippen molar-refractivity contribution in [2.75, 3.05) is 19.6 Å². The van der Waals surface area contributed by atoms with Crippen LogP contribution in [-0.2, 0) is 0 Å². The molecule has 0 aromatic rings. The predicted molar refractivity (Wildman–Crippen MR) is 65.3 cm³/mol. The molecule has 4 bridgehead atoms. The molecule has 2 saturated heterocycles. The first-order valence-electron chi connectivity index (χ1n) is 7.37. The van der Waals surface area contributed by atoms with E-state index < -0.39 is 0 Å². The number of rotatable bonds is 2. The van der Waals surface area contributed by atoms with Crippen LogP contribution in [0.1, 0.15) is 38.5 Å². The van der Waals surface area contributed by atoms with Crippen LogP contribution < -0.4 is 5.32 Å². The van der Waals surface area contributed by atoms with Gasteiger partial charge in [-0.15, -0.1) is 0 Å². The van der Waals surface area contributed by atoms with Gasteiger partial charge in [0.25, 0.3) is 0 Å². The van der Waals surface area contributed by atoms with E-state index in [-0.39, 0.29) is 0 Å². The molecule has 2 aliphatic carbocycles. The number of nitrogens with one attached hydrogen (secondary N) is 1. The van der Waals surface area contributed by atoms with E-state index >= 15 is 0 Å². The molecule has 0 spiro atoms. The Kier molecular flexibility index (Phi) is 2.29. The normalized spacial score (nSPS) is 54.8. The van der Waals surface area contributed by atoms with Crippen molar-refractivity contribution in [3.63, 3.8) is 0 Å². The highest BCUT2D eigenvalue weighted by atomic mass is 15.2. The van der Waals surface area contributed by atoms with Crippen molar-refractivity contribution in [1.29, 1.82) is 0 Å². The summed E-state index contributed by atoms with van der Waals surface area (Å²) in [4.78, 5) is 2.66. The SMILES string of the molecule is C1CC2CC1CC2NC1CCN2CCC1C2. The molecule has 2 heterocycles. The Morgan fingerprint density at radius 1 is 0.812 bits per heavy atom. The largest absolute Gasteiger partial charge is 0.311 e. The third-order valence-corrected chi connectivity index (χ3v) is 5.80. The second-order valence-electron chi connectivity index (χ2n) is 6.69. The van der Waals surface area contributed by atoms with Crippen LogP contribution in [0.3, 0.4) is 0 Å². The maximum atomic E-state index is 4.05. The Bertz CT molecular complexity index is 278. The maximum absolute atomic E-state index is 4.05. The molecule has 0 radical (unpaired) electrons. The number of hydrogen-bond donors (Lipinski definition) is 1. The molecule has 0 amide bonds. The minimum absolute atomic E-state index is 0.864. The van der Waals surface area contributed by atoms with Gasteiger partial charge in [-0.3, -0.25) is 0 Å². The fourth-order valence-electron chi connectivity index (χ4n) is 4.89. The van der Waals surface area contributed by atoms with Gasteiger partial charge in [0.15, 0.2) is 0 Å². The molecule has 4 fully saturated rings. The lowest BCUT2D eigenvalue weighted by Gasteiger charge is -2.35. The van der Waals surface area contributed by atoms with Crippen LogP contribution in [-0.4, -0.2) is 36.6 Å². The van der Waals surface area contributed by atoms with Gasteiger partial charge in [0, 0.05) is 18.6 Å². The fraction of sp³-hybridized carbons (Fsp3) is 1.00. The van der Waals surface area contributed by atoms with Crippen LogP contribution in [0.15, 0.2) is 0 Å². The van der Waals surface area contributed by atoms with Gasteiger partial charge in [-0.25, -0.2) is 0 Å². The molecule has 4 aliphatic rings. The lowest BCUT2D eigenvalue weighted by Crippen LogP contribution is -2.49. The zero-order valence-corrected chi connectivity index (χ0v) is 10.2. The highest BCUT2D eigenvalue weighted by Crippen LogP contribution is 2.45. The summed E-state index contributed by atoms with van der Waals surface area (Å²) in [5.74, 6) is 3.11. The Morgan fingerprint density at radius 3 is 2.56 bits per heavy atom. The topological polar surface area (TPSA) is 15.3 Å². The molecule has 6 atom stereocenters. The van der Waals surface area contributed by atoms with Crippen molar-refractivity contribution in [1.82, 2.24) is 10.2 Å². The average molecular weight is 220 g/mol. The van der Waals surface area contributed by atoms with Crippen LogP contribution in [0.5, 0.6) is 0 Å². The predicted octanol–water partition coefficient (Wildman–Crippen LogP) is 1.86. The Labute approximate surface area is 98.8 Å². The third kappa shape index (κ3) is 1.53. The monoisotopic (exact) mass is 220 g/mol. The number of nitrogens with zero attached hydrogens (tertiary/aromatic N) is 1. The fourth-order valence-corrected chi connectivity index (χ4v) is 4.89. The maximum Gasteiger partial charge on any atom is 0.0123 e. The highest BCUT2D eigenvalue weighted by molar-refractivity contribution is 4.98. The van der Waals surface area contributed by atoms with Gasteiger partial charge < -0.3 is 10.2 Å².